The van der Waals surface area contributed by atoms with Crippen LogP contribution in [0.5, 0.6) is 0 Å². The first kappa shape index (κ1) is 9.58. The highest BCUT2D eigenvalue weighted by molar-refractivity contribution is 4.92. The van der Waals surface area contributed by atoms with Gasteiger partial charge in [0.2, 0.25) is 6.04 Å². The van der Waals surface area contributed by atoms with Crippen molar-refractivity contribution in [2.24, 2.45) is 17.8 Å². The normalized spacial score (nSPS) is 36.4. The standard InChI is InChI=1S/C11H19N/c1-8(2)10-6-5-9(3)7-11(10)12-4/h8-11H,5-7H2,1-3H3/t9-,10+,11-/m1/s1. The Kier molecular flexibility index (Phi) is 3.14. The van der Waals surface area contributed by atoms with Gasteiger partial charge in [-0.25, -0.2) is 6.57 Å². The molecule has 12 heavy (non-hydrogen) atoms. The Balaban J connectivity index is 2.58. The molecule has 0 N–H and O–H groups in total. The van der Waals surface area contributed by atoms with Gasteiger partial charge in [0, 0.05) is 12.3 Å². The average molecular weight is 165 g/mol. The molecule has 0 saturated heterocycles. The quantitative estimate of drug-likeness (QED) is 0.525. The molecule has 3 atom stereocenters. The highest BCUT2D eigenvalue weighted by Gasteiger charge is 2.34. The minimum atomic E-state index is 0.314. The van der Waals surface area contributed by atoms with E-state index in [1.807, 2.05) is 0 Å². The van der Waals surface area contributed by atoms with E-state index in [0.717, 1.165) is 12.3 Å². The summed E-state index contributed by atoms with van der Waals surface area (Å²) >= 11 is 0. The lowest BCUT2D eigenvalue weighted by Gasteiger charge is -2.29. The molecule has 0 radical (unpaired) electrons. The lowest BCUT2D eigenvalue weighted by atomic mass is 9.74. The monoisotopic (exact) mass is 165 g/mol. The van der Waals surface area contributed by atoms with Crippen LogP contribution in [0.3, 0.4) is 0 Å². The molecule has 0 bridgehead atoms. The van der Waals surface area contributed by atoms with E-state index < -0.39 is 0 Å². The van der Waals surface area contributed by atoms with Gasteiger partial charge in [0.05, 0.1) is 0 Å². The first-order valence-electron chi connectivity index (χ1n) is 5.01. The van der Waals surface area contributed by atoms with Crippen molar-refractivity contribution in [3.05, 3.63) is 11.4 Å². The fraction of sp³-hybridized carbons (Fsp3) is 0.909. The maximum Gasteiger partial charge on any atom is 0.227 e. The second kappa shape index (κ2) is 3.94. The summed E-state index contributed by atoms with van der Waals surface area (Å²) in [6.07, 6.45) is 3.73. The van der Waals surface area contributed by atoms with Gasteiger partial charge in [0.25, 0.3) is 0 Å². The largest absolute Gasteiger partial charge is 0.313 e. The molecule has 0 spiro atoms. The molecule has 0 aliphatic heterocycles. The van der Waals surface area contributed by atoms with Crippen LogP contribution in [0.1, 0.15) is 40.0 Å². The predicted molar refractivity (Wildman–Crippen MR) is 51.7 cm³/mol. The van der Waals surface area contributed by atoms with Crippen molar-refractivity contribution in [3.8, 4) is 0 Å². The summed E-state index contributed by atoms with van der Waals surface area (Å²) in [6.45, 7) is 13.9. The Morgan fingerprint density at radius 3 is 2.50 bits per heavy atom. The molecule has 0 amide bonds. The number of hydrogen-bond donors (Lipinski definition) is 0. The van der Waals surface area contributed by atoms with Crippen molar-refractivity contribution in [3.63, 3.8) is 0 Å². The van der Waals surface area contributed by atoms with E-state index in [2.05, 4.69) is 25.6 Å². The third kappa shape index (κ3) is 2.00. The highest BCUT2D eigenvalue weighted by Crippen LogP contribution is 2.35. The summed E-state index contributed by atoms with van der Waals surface area (Å²) in [5.41, 5.74) is 0. The van der Waals surface area contributed by atoms with Gasteiger partial charge in [-0.3, -0.25) is 0 Å². The molecule has 1 nitrogen and oxygen atoms in total. The number of rotatable bonds is 1. The second-order valence-electron chi connectivity index (χ2n) is 4.52. The fourth-order valence-electron chi connectivity index (χ4n) is 2.30. The molecule has 0 heterocycles. The molecule has 0 aromatic heterocycles. The molecule has 1 rings (SSSR count). The molecule has 68 valence electrons. The first-order chi connectivity index (χ1) is 5.65. The van der Waals surface area contributed by atoms with Crippen LogP contribution < -0.4 is 0 Å². The number of hydrogen-bond acceptors (Lipinski definition) is 0. The molecular weight excluding hydrogens is 146 g/mol. The first-order valence-corrected chi connectivity index (χ1v) is 5.01. The van der Waals surface area contributed by atoms with Crippen molar-refractivity contribution >= 4 is 0 Å². The third-order valence-corrected chi connectivity index (χ3v) is 3.15. The van der Waals surface area contributed by atoms with Crippen LogP contribution in [-0.2, 0) is 0 Å². The van der Waals surface area contributed by atoms with Crippen molar-refractivity contribution in [2.45, 2.75) is 46.1 Å². The molecule has 1 heteroatoms. The van der Waals surface area contributed by atoms with Gasteiger partial charge < -0.3 is 4.85 Å². The van der Waals surface area contributed by atoms with Gasteiger partial charge in [-0.05, 0) is 24.7 Å². The Morgan fingerprint density at radius 1 is 1.33 bits per heavy atom. The minimum Gasteiger partial charge on any atom is -0.313 e. The summed E-state index contributed by atoms with van der Waals surface area (Å²) in [6, 6.07) is 0.314. The summed E-state index contributed by atoms with van der Waals surface area (Å²) in [4.78, 5) is 3.75. The summed E-state index contributed by atoms with van der Waals surface area (Å²) in [5.74, 6) is 2.13. The Morgan fingerprint density at radius 2 is 2.00 bits per heavy atom. The van der Waals surface area contributed by atoms with Crippen LogP contribution in [-0.4, -0.2) is 6.04 Å². The minimum absolute atomic E-state index is 0.314. The molecule has 1 aliphatic rings. The van der Waals surface area contributed by atoms with Crippen LogP contribution in [0.15, 0.2) is 0 Å². The molecule has 0 aromatic rings. The average Bonchev–Trinajstić information content (AvgIpc) is 2.03. The van der Waals surface area contributed by atoms with E-state index >= 15 is 0 Å². The van der Waals surface area contributed by atoms with E-state index in [-0.39, 0.29) is 0 Å². The van der Waals surface area contributed by atoms with E-state index in [4.69, 9.17) is 6.57 Å². The lowest BCUT2D eigenvalue weighted by Crippen LogP contribution is -2.29. The van der Waals surface area contributed by atoms with Gasteiger partial charge in [-0.15, -0.1) is 0 Å². The van der Waals surface area contributed by atoms with E-state index in [0.29, 0.717) is 17.9 Å². The molecule has 0 aromatic carbocycles. The summed E-state index contributed by atoms with van der Waals surface area (Å²) in [5, 5.41) is 0. The molecule has 1 aliphatic carbocycles. The molecule has 1 saturated carbocycles. The van der Waals surface area contributed by atoms with Crippen molar-refractivity contribution in [2.75, 3.05) is 0 Å². The number of nitrogens with zero attached hydrogens (tertiary/aromatic N) is 1. The van der Waals surface area contributed by atoms with Gasteiger partial charge in [-0.1, -0.05) is 20.8 Å². The maximum absolute atomic E-state index is 7.14. The van der Waals surface area contributed by atoms with E-state index in [1.165, 1.54) is 12.8 Å². The maximum atomic E-state index is 7.14. The fourth-order valence-corrected chi connectivity index (χ4v) is 2.30. The predicted octanol–water partition coefficient (Wildman–Crippen LogP) is 3.37. The van der Waals surface area contributed by atoms with Crippen LogP contribution in [0, 0.1) is 24.3 Å². The summed E-state index contributed by atoms with van der Waals surface area (Å²) < 4.78 is 0. The third-order valence-electron chi connectivity index (χ3n) is 3.15. The molecule has 1 fully saturated rings. The van der Waals surface area contributed by atoms with Gasteiger partial charge in [-0.2, -0.15) is 0 Å². The second-order valence-corrected chi connectivity index (χ2v) is 4.52. The van der Waals surface area contributed by atoms with Crippen LogP contribution in [0.4, 0.5) is 0 Å². The molecular formula is C11H19N. The van der Waals surface area contributed by atoms with Crippen molar-refractivity contribution in [1.82, 2.24) is 0 Å². The topological polar surface area (TPSA) is 4.36 Å². The van der Waals surface area contributed by atoms with Crippen molar-refractivity contribution < 1.29 is 0 Å². The van der Waals surface area contributed by atoms with Crippen LogP contribution >= 0.6 is 0 Å². The Bertz CT molecular complexity index is 178. The zero-order valence-corrected chi connectivity index (χ0v) is 8.38. The highest BCUT2D eigenvalue weighted by atomic mass is 14.7. The van der Waals surface area contributed by atoms with Crippen LogP contribution in [0.2, 0.25) is 0 Å². The summed E-state index contributed by atoms with van der Waals surface area (Å²) in [7, 11) is 0. The lowest BCUT2D eigenvalue weighted by molar-refractivity contribution is 0.221. The van der Waals surface area contributed by atoms with Crippen molar-refractivity contribution in [1.29, 1.82) is 0 Å². The molecule has 0 unspecified atom stereocenters. The van der Waals surface area contributed by atoms with E-state index in [9.17, 15) is 0 Å². The van der Waals surface area contributed by atoms with Gasteiger partial charge in [0.1, 0.15) is 0 Å². The Labute approximate surface area is 76.0 Å². The van der Waals surface area contributed by atoms with E-state index in [1.54, 1.807) is 0 Å². The SMILES string of the molecule is [C-]#[N+][C@@H]1C[C@H](C)CC[C@H]1C(C)C. The smallest absolute Gasteiger partial charge is 0.227 e. The zero-order valence-electron chi connectivity index (χ0n) is 8.38. The van der Waals surface area contributed by atoms with Gasteiger partial charge in [0.15, 0.2) is 0 Å². The zero-order chi connectivity index (χ0) is 9.14. The Hall–Kier alpha value is -0.510. The van der Waals surface area contributed by atoms with Gasteiger partial charge >= 0.3 is 0 Å². The van der Waals surface area contributed by atoms with Crippen LogP contribution in [0.25, 0.3) is 4.85 Å².